The standard InChI is InChI=1S/C10H15N3O3S/c1-8-2-4-9(5-3-8)10(14)12-6-7-13-17(11,15)16/h2-5,13H,6-7H2,1H3,(H,12,14)(H2,11,15,16). The highest BCUT2D eigenvalue weighted by Gasteiger charge is 2.04. The van der Waals surface area contributed by atoms with Crippen molar-refractivity contribution in [3.63, 3.8) is 0 Å². The van der Waals surface area contributed by atoms with Gasteiger partial charge in [0.15, 0.2) is 0 Å². The summed E-state index contributed by atoms with van der Waals surface area (Å²) in [6, 6.07) is 7.07. The summed E-state index contributed by atoms with van der Waals surface area (Å²) in [7, 11) is -3.69. The third-order valence-corrected chi connectivity index (χ3v) is 2.63. The maximum absolute atomic E-state index is 11.6. The van der Waals surface area contributed by atoms with Crippen molar-refractivity contribution in [2.45, 2.75) is 6.92 Å². The molecule has 1 rings (SSSR count). The molecule has 17 heavy (non-hydrogen) atoms. The second kappa shape index (κ2) is 5.76. The Morgan fingerprint density at radius 1 is 1.24 bits per heavy atom. The monoisotopic (exact) mass is 257 g/mol. The van der Waals surface area contributed by atoms with Gasteiger partial charge in [-0.05, 0) is 19.1 Å². The van der Waals surface area contributed by atoms with E-state index < -0.39 is 10.2 Å². The minimum absolute atomic E-state index is 0.0659. The molecule has 0 fully saturated rings. The first kappa shape index (κ1) is 13.6. The Morgan fingerprint density at radius 2 is 1.82 bits per heavy atom. The molecule has 0 saturated carbocycles. The van der Waals surface area contributed by atoms with Crippen LogP contribution in [0.25, 0.3) is 0 Å². The summed E-state index contributed by atoms with van der Waals surface area (Å²) < 4.78 is 23.1. The van der Waals surface area contributed by atoms with Crippen LogP contribution in [0.2, 0.25) is 0 Å². The molecule has 4 N–H and O–H groups in total. The Hall–Kier alpha value is -1.44. The number of nitrogens with two attached hydrogens (primary N) is 1. The van der Waals surface area contributed by atoms with E-state index in [1.54, 1.807) is 12.1 Å². The third-order valence-electron chi connectivity index (χ3n) is 2.03. The molecule has 0 atom stereocenters. The summed E-state index contributed by atoms with van der Waals surface area (Å²) in [5, 5.41) is 7.30. The smallest absolute Gasteiger partial charge is 0.274 e. The van der Waals surface area contributed by atoms with Gasteiger partial charge in [-0.15, -0.1) is 0 Å². The van der Waals surface area contributed by atoms with Crippen molar-refractivity contribution in [3.05, 3.63) is 35.4 Å². The van der Waals surface area contributed by atoms with E-state index in [9.17, 15) is 13.2 Å². The first-order valence-corrected chi connectivity index (χ1v) is 6.55. The van der Waals surface area contributed by atoms with Crippen LogP contribution in [-0.2, 0) is 10.2 Å². The van der Waals surface area contributed by atoms with E-state index in [1.807, 2.05) is 19.1 Å². The van der Waals surface area contributed by atoms with Crippen molar-refractivity contribution < 1.29 is 13.2 Å². The van der Waals surface area contributed by atoms with Crippen molar-refractivity contribution in [1.29, 1.82) is 0 Å². The molecule has 6 nitrogen and oxygen atoms in total. The number of hydrogen-bond donors (Lipinski definition) is 3. The molecule has 0 saturated heterocycles. The number of carbonyl (C=O) groups excluding carboxylic acids is 1. The van der Waals surface area contributed by atoms with Gasteiger partial charge in [-0.25, -0.2) is 9.86 Å². The number of carbonyl (C=O) groups is 1. The Bertz CT molecular complexity index is 482. The lowest BCUT2D eigenvalue weighted by molar-refractivity contribution is 0.0954. The molecule has 1 amide bonds. The van der Waals surface area contributed by atoms with Crippen molar-refractivity contribution in [2.24, 2.45) is 5.14 Å². The molecule has 0 aliphatic heterocycles. The molecule has 0 spiro atoms. The van der Waals surface area contributed by atoms with Crippen molar-refractivity contribution in [2.75, 3.05) is 13.1 Å². The van der Waals surface area contributed by atoms with Gasteiger partial charge >= 0.3 is 0 Å². The van der Waals surface area contributed by atoms with E-state index in [4.69, 9.17) is 5.14 Å². The van der Waals surface area contributed by atoms with E-state index in [2.05, 4.69) is 10.0 Å². The average molecular weight is 257 g/mol. The van der Waals surface area contributed by atoms with Crippen LogP contribution in [0.15, 0.2) is 24.3 Å². The van der Waals surface area contributed by atoms with Gasteiger partial charge in [0.1, 0.15) is 0 Å². The number of benzene rings is 1. The predicted molar refractivity (Wildman–Crippen MR) is 64.6 cm³/mol. The predicted octanol–water partition coefficient (Wildman–Crippen LogP) is -0.482. The zero-order valence-corrected chi connectivity index (χ0v) is 10.3. The molecule has 1 aromatic rings. The summed E-state index contributed by atoms with van der Waals surface area (Å²) in [6.07, 6.45) is 0. The highest BCUT2D eigenvalue weighted by Crippen LogP contribution is 2.02. The van der Waals surface area contributed by atoms with Crippen LogP contribution < -0.4 is 15.2 Å². The minimum atomic E-state index is -3.69. The SMILES string of the molecule is Cc1ccc(C(=O)NCCNS(N)(=O)=O)cc1. The van der Waals surface area contributed by atoms with Gasteiger partial charge in [0, 0.05) is 18.7 Å². The Morgan fingerprint density at radius 3 is 2.35 bits per heavy atom. The van der Waals surface area contributed by atoms with Crippen LogP contribution in [0.3, 0.4) is 0 Å². The fraction of sp³-hybridized carbons (Fsp3) is 0.300. The largest absolute Gasteiger partial charge is 0.351 e. The average Bonchev–Trinajstić information content (AvgIpc) is 2.24. The minimum Gasteiger partial charge on any atom is -0.351 e. The van der Waals surface area contributed by atoms with Gasteiger partial charge in [0.05, 0.1) is 0 Å². The normalized spacial score (nSPS) is 11.2. The zero-order chi connectivity index (χ0) is 12.9. The number of nitrogens with one attached hydrogen (secondary N) is 2. The molecular formula is C10H15N3O3S. The number of amides is 1. The lowest BCUT2D eigenvalue weighted by Crippen LogP contribution is -2.37. The topological polar surface area (TPSA) is 101 Å². The van der Waals surface area contributed by atoms with Gasteiger partial charge in [0.25, 0.3) is 16.1 Å². The molecule has 0 aliphatic carbocycles. The molecule has 1 aromatic carbocycles. The van der Waals surface area contributed by atoms with Crippen molar-refractivity contribution in [1.82, 2.24) is 10.0 Å². The second-order valence-electron chi connectivity index (χ2n) is 3.56. The lowest BCUT2D eigenvalue weighted by Gasteiger charge is -2.05. The van der Waals surface area contributed by atoms with E-state index >= 15 is 0 Å². The number of rotatable bonds is 5. The summed E-state index contributed by atoms with van der Waals surface area (Å²) in [5.74, 6) is -0.249. The Labute approximate surface area is 100 Å². The van der Waals surface area contributed by atoms with Crippen LogP contribution in [0.4, 0.5) is 0 Å². The summed E-state index contributed by atoms with van der Waals surface area (Å²) in [5.41, 5.74) is 1.60. The Balaban J connectivity index is 2.38. The fourth-order valence-corrected chi connectivity index (χ4v) is 1.56. The molecule has 0 heterocycles. The van der Waals surface area contributed by atoms with Gasteiger partial charge in [-0.3, -0.25) is 4.79 Å². The van der Waals surface area contributed by atoms with E-state index in [-0.39, 0.29) is 19.0 Å². The van der Waals surface area contributed by atoms with Crippen molar-refractivity contribution in [3.8, 4) is 0 Å². The highest BCUT2D eigenvalue weighted by molar-refractivity contribution is 7.87. The van der Waals surface area contributed by atoms with E-state index in [0.717, 1.165) is 5.56 Å². The van der Waals surface area contributed by atoms with Crippen LogP contribution >= 0.6 is 0 Å². The van der Waals surface area contributed by atoms with Gasteiger partial charge in [-0.2, -0.15) is 8.42 Å². The van der Waals surface area contributed by atoms with Gasteiger partial charge < -0.3 is 5.32 Å². The number of hydrogen-bond acceptors (Lipinski definition) is 3. The fourth-order valence-electron chi connectivity index (χ4n) is 1.18. The number of aryl methyl sites for hydroxylation is 1. The van der Waals surface area contributed by atoms with E-state index in [1.165, 1.54) is 0 Å². The van der Waals surface area contributed by atoms with Crippen LogP contribution in [0, 0.1) is 6.92 Å². The maximum atomic E-state index is 11.6. The highest BCUT2D eigenvalue weighted by atomic mass is 32.2. The van der Waals surface area contributed by atoms with Gasteiger partial charge in [-0.1, -0.05) is 17.7 Å². The molecule has 0 radical (unpaired) electrons. The molecule has 94 valence electrons. The van der Waals surface area contributed by atoms with Crippen molar-refractivity contribution >= 4 is 16.1 Å². The zero-order valence-electron chi connectivity index (χ0n) is 9.43. The van der Waals surface area contributed by atoms with Gasteiger partial charge in [0.2, 0.25) is 0 Å². The van der Waals surface area contributed by atoms with Crippen LogP contribution in [0.5, 0.6) is 0 Å². The molecule has 0 bridgehead atoms. The first-order valence-electron chi connectivity index (χ1n) is 5.01. The second-order valence-corrected chi connectivity index (χ2v) is 4.94. The molecular weight excluding hydrogens is 242 g/mol. The first-order chi connectivity index (χ1) is 7.88. The summed E-state index contributed by atoms with van der Waals surface area (Å²) in [4.78, 5) is 11.6. The van der Waals surface area contributed by atoms with Crippen LogP contribution in [-0.4, -0.2) is 27.4 Å². The molecule has 0 unspecified atom stereocenters. The molecule has 7 heteroatoms. The quantitative estimate of drug-likeness (QED) is 0.621. The summed E-state index contributed by atoms with van der Waals surface area (Å²) >= 11 is 0. The lowest BCUT2D eigenvalue weighted by atomic mass is 10.1. The maximum Gasteiger partial charge on any atom is 0.274 e. The van der Waals surface area contributed by atoms with E-state index in [0.29, 0.717) is 5.56 Å². The summed E-state index contributed by atoms with van der Waals surface area (Å²) in [6.45, 7) is 2.18. The Kier molecular flexibility index (Phi) is 4.62. The van der Waals surface area contributed by atoms with Crippen LogP contribution in [0.1, 0.15) is 15.9 Å². The third kappa shape index (κ3) is 5.43. The molecule has 0 aromatic heterocycles. The molecule has 0 aliphatic rings.